The molecule has 1 unspecified atom stereocenters. The van der Waals surface area contributed by atoms with Crippen LogP contribution < -0.4 is 10.6 Å². The molecule has 6 heteroatoms. The molecular formula is C13H18N2O3S. The van der Waals surface area contributed by atoms with E-state index in [1.54, 1.807) is 30.8 Å². The molecule has 0 aliphatic heterocycles. The number of hydrogen-bond acceptors (Lipinski definition) is 3. The van der Waals surface area contributed by atoms with Crippen molar-refractivity contribution in [3.8, 4) is 0 Å². The van der Waals surface area contributed by atoms with Gasteiger partial charge in [0, 0.05) is 11.8 Å². The van der Waals surface area contributed by atoms with Crippen LogP contribution in [-0.2, 0) is 0 Å². The molecule has 104 valence electrons. The number of urea groups is 1. The molecule has 0 radical (unpaired) electrons. The fourth-order valence-electron chi connectivity index (χ4n) is 1.43. The molecule has 0 heterocycles. The van der Waals surface area contributed by atoms with E-state index in [9.17, 15) is 9.59 Å². The molecule has 2 amide bonds. The first-order chi connectivity index (χ1) is 8.93. The molecule has 0 spiro atoms. The molecule has 0 saturated heterocycles. The first kappa shape index (κ1) is 15.4. The van der Waals surface area contributed by atoms with E-state index in [0.29, 0.717) is 17.5 Å². The van der Waals surface area contributed by atoms with Crippen molar-refractivity contribution in [2.45, 2.75) is 19.1 Å². The van der Waals surface area contributed by atoms with Crippen molar-refractivity contribution in [2.75, 3.05) is 18.1 Å². The van der Waals surface area contributed by atoms with Gasteiger partial charge in [0.05, 0.1) is 11.3 Å². The molecular weight excluding hydrogens is 264 g/mol. The van der Waals surface area contributed by atoms with Crippen LogP contribution in [0.2, 0.25) is 0 Å². The maximum absolute atomic E-state index is 11.7. The summed E-state index contributed by atoms with van der Waals surface area (Å²) in [5.41, 5.74) is 1.22. The van der Waals surface area contributed by atoms with Crippen molar-refractivity contribution in [1.82, 2.24) is 5.32 Å². The van der Waals surface area contributed by atoms with Crippen molar-refractivity contribution >= 4 is 29.4 Å². The standard InChI is InChI=1S/C13H18N2O3S/c1-8-4-5-11(10(6-8)12(16)17)15-13(18)14-7-9(2)19-3/h4-6,9H,7H2,1-3H3,(H,16,17)(H2,14,15,18). The maximum Gasteiger partial charge on any atom is 0.337 e. The minimum atomic E-state index is -1.06. The fraction of sp³-hybridized carbons (Fsp3) is 0.385. The second kappa shape index (κ2) is 7.04. The number of carboxylic acids is 1. The van der Waals surface area contributed by atoms with E-state index in [4.69, 9.17) is 5.11 Å². The highest BCUT2D eigenvalue weighted by molar-refractivity contribution is 7.99. The van der Waals surface area contributed by atoms with E-state index in [2.05, 4.69) is 10.6 Å². The first-order valence-corrected chi connectivity index (χ1v) is 7.14. The highest BCUT2D eigenvalue weighted by atomic mass is 32.2. The van der Waals surface area contributed by atoms with Gasteiger partial charge in [0.15, 0.2) is 0 Å². The Kier molecular flexibility index (Phi) is 5.69. The number of carbonyl (C=O) groups is 2. The zero-order valence-electron chi connectivity index (χ0n) is 11.2. The summed E-state index contributed by atoms with van der Waals surface area (Å²) in [4.78, 5) is 22.8. The van der Waals surface area contributed by atoms with Gasteiger partial charge in [-0.1, -0.05) is 18.6 Å². The highest BCUT2D eigenvalue weighted by Gasteiger charge is 2.12. The minimum absolute atomic E-state index is 0.0908. The van der Waals surface area contributed by atoms with Crippen LogP contribution in [-0.4, -0.2) is 35.2 Å². The molecule has 0 bridgehead atoms. The normalized spacial score (nSPS) is 11.7. The van der Waals surface area contributed by atoms with Gasteiger partial charge in [0.1, 0.15) is 0 Å². The molecule has 0 aliphatic rings. The summed E-state index contributed by atoms with van der Waals surface area (Å²) in [7, 11) is 0. The number of anilines is 1. The largest absolute Gasteiger partial charge is 0.478 e. The maximum atomic E-state index is 11.7. The van der Waals surface area contributed by atoms with Crippen LogP contribution in [0.4, 0.5) is 10.5 Å². The second-order valence-electron chi connectivity index (χ2n) is 4.24. The van der Waals surface area contributed by atoms with E-state index < -0.39 is 12.0 Å². The predicted octanol–water partition coefficient (Wildman–Crippen LogP) is 2.57. The summed E-state index contributed by atoms with van der Waals surface area (Å²) in [6.07, 6.45) is 1.97. The number of aromatic carboxylic acids is 1. The summed E-state index contributed by atoms with van der Waals surface area (Å²) in [5.74, 6) is -1.06. The minimum Gasteiger partial charge on any atom is -0.478 e. The molecule has 19 heavy (non-hydrogen) atoms. The van der Waals surface area contributed by atoms with Crippen LogP contribution in [0.1, 0.15) is 22.8 Å². The van der Waals surface area contributed by atoms with Crippen molar-refractivity contribution in [1.29, 1.82) is 0 Å². The van der Waals surface area contributed by atoms with Crippen LogP contribution in [0.25, 0.3) is 0 Å². The number of rotatable bonds is 5. The summed E-state index contributed by atoms with van der Waals surface area (Å²) in [6.45, 7) is 4.33. The number of benzene rings is 1. The smallest absolute Gasteiger partial charge is 0.337 e. The molecule has 3 N–H and O–H groups in total. The predicted molar refractivity (Wildman–Crippen MR) is 78.1 cm³/mol. The Labute approximate surface area is 116 Å². The Bertz CT molecular complexity index is 477. The number of carboxylic acid groups (broad SMARTS) is 1. The topological polar surface area (TPSA) is 78.4 Å². The lowest BCUT2D eigenvalue weighted by Gasteiger charge is -2.12. The van der Waals surface area contributed by atoms with E-state index in [1.807, 2.05) is 13.2 Å². The third-order valence-electron chi connectivity index (χ3n) is 2.61. The van der Waals surface area contributed by atoms with Gasteiger partial charge in [-0.3, -0.25) is 0 Å². The lowest BCUT2D eigenvalue weighted by molar-refractivity contribution is 0.0698. The molecule has 1 rings (SSSR count). The molecule has 0 aliphatic carbocycles. The molecule has 1 aromatic carbocycles. The zero-order valence-corrected chi connectivity index (χ0v) is 12.0. The van der Waals surface area contributed by atoms with Gasteiger partial charge in [0.2, 0.25) is 0 Å². The summed E-state index contributed by atoms with van der Waals surface area (Å²) >= 11 is 1.65. The number of carbonyl (C=O) groups excluding carboxylic acids is 1. The Morgan fingerprint density at radius 1 is 1.42 bits per heavy atom. The van der Waals surface area contributed by atoms with Crippen molar-refractivity contribution in [2.24, 2.45) is 0 Å². The lowest BCUT2D eigenvalue weighted by Crippen LogP contribution is -2.33. The molecule has 5 nitrogen and oxygen atoms in total. The van der Waals surface area contributed by atoms with Gasteiger partial charge >= 0.3 is 12.0 Å². The van der Waals surface area contributed by atoms with E-state index in [1.165, 1.54) is 6.07 Å². The Balaban J connectivity index is 2.71. The Hall–Kier alpha value is -1.69. The SMILES string of the molecule is CSC(C)CNC(=O)Nc1ccc(C)cc1C(=O)O. The van der Waals surface area contributed by atoms with Crippen molar-refractivity contribution in [3.05, 3.63) is 29.3 Å². The Morgan fingerprint density at radius 3 is 2.68 bits per heavy atom. The summed E-state index contributed by atoms with van der Waals surface area (Å²) < 4.78 is 0. The lowest BCUT2D eigenvalue weighted by atomic mass is 10.1. The Morgan fingerprint density at radius 2 is 2.11 bits per heavy atom. The van der Waals surface area contributed by atoms with Crippen LogP contribution in [0, 0.1) is 6.92 Å². The number of thioether (sulfide) groups is 1. The molecule has 0 fully saturated rings. The van der Waals surface area contributed by atoms with Gasteiger partial charge in [0.25, 0.3) is 0 Å². The van der Waals surface area contributed by atoms with Crippen molar-refractivity contribution < 1.29 is 14.7 Å². The second-order valence-corrected chi connectivity index (χ2v) is 5.51. The average Bonchev–Trinajstić information content (AvgIpc) is 2.37. The third kappa shape index (κ3) is 4.82. The average molecular weight is 282 g/mol. The van der Waals surface area contributed by atoms with Crippen LogP contribution in [0.15, 0.2) is 18.2 Å². The van der Waals surface area contributed by atoms with Gasteiger partial charge < -0.3 is 15.7 Å². The third-order valence-corrected chi connectivity index (χ3v) is 3.58. The summed E-state index contributed by atoms with van der Waals surface area (Å²) in [6, 6.07) is 4.48. The molecule has 0 saturated carbocycles. The van der Waals surface area contributed by atoms with Crippen LogP contribution in [0.5, 0.6) is 0 Å². The van der Waals surface area contributed by atoms with E-state index >= 15 is 0 Å². The van der Waals surface area contributed by atoms with Crippen LogP contribution in [0.3, 0.4) is 0 Å². The zero-order chi connectivity index (χ0) is 14.4. The van der Waals surface area contributed by atoms with E-state index in [-0.39, 0.29) is 5.56 Å². The van der Waals surface area contributed by atoms with Crippen molar-refractivity contribution in [3.63, 3.8) is 0 Å². The van der Waals surface area contributed by atoms with Gasteiger partial charge in [-0.05, 0) is 25.3 Å². The quantitative estimate of drug-likeness (QED) is 0.775. The van der Waals surface area contributed by atoms with Crippen LogP contribution >= 0.6 is 11.8 Å². The summed E-state index contributed by atoms with van der Waals surface area (Å²) in [5, 5.41) is 14.6. The highest BCUT2D eigenvalue weighted by Crippen LogP contribution is 2.17. The monoisotopic (exact) mass is 282 g/mol. The number of hydrogen-bond donors (Lipinski definition) is 3. The number of amides is 2. The number of nitrogens with one attached hydrogen (secondary N) is 2. The van der Waals surface area contributed by atoms with E-state index in [0.717, 1.165) is 5.56 Å². The molecule has 1 aromatic rings. The van der Waals surface area contributed by atoms with Gasteiger partial charge in [-0.2, -0.15) is 11.8 Å². The fourth-order valence-corrected chi connectivity index (χ4v) is 1.68. The molecule has 1 atom stereocenters. The van der Waals surface area contributed by atoms with Gasteiger partial charge in [-0.15, -0.1) is 0 Å². The molecule has 0 aromatic heterocycles. The first-order valence-electron chi connectivity index (χ1n) is 5.85. The van der Waals surface area contributed by atoms with Gasteiger partial charge in [-0.25, -0.2) is 9.59 Å². The number of aryl methyl sites for hydroxylation is 1.